The van der Waals surface area contributed by atoms with Crippen LogP contribution >= 0.6 is 0 Å². The number of amides is 1. The molecule has 21 heavy (non-hydrogen) atoms. The van der Waals surface area contributed by atoms with E-state index in [9.17, 15) is 4.79 Å². The third-order valence-electron chi connectivity index (χ3n) is 3.62. The molecule has 1 saturated heterocycles. The summed E-state index contributed by atoms with van der Waals surface area (Å²) in [5.41, 5.74) is 0. The molecule has 1 aliphatic heterocycles. The number of anilines is 1. The van der Waals surface area contributed by atoms with E-state index in [4.69, 9.17) is 4.42 Å². The quantitative estimate of drug-likeness (QED) is 0.857. The van der Waals surface area contributed by atoms with E-state index >= 15 is 0 Å². The van der Waals surface area contributed by atoms with Crippen LogP contribution in [0.4, 0.5) is 5.95 Å². The highest BCUT2D eigenvalue weighted by Gasteiger charge is 2.25. The average molecular weight is 286 g/mol. The van der Waals surface area contributed by atoms with Crippen LogP contribution in [0.2, 0.25) is 0 Å². The van der Waals surface area contributed by atoms with E-state index < -0.39 is 0 Å². The normalized spacial score (nSPS) is 15.3. The number of carbonyl (C=O) groups is 1. The second kappa shape index (κ2) is 5.95. The molecule has 6 heteroatoms. The molecule has 0 saturated carbocycles. The van der Waals surface area contributed by atoms with Crippen molar-refractivity contribution in [1.29, 1.82) is 0 Å². The third-order valence-corrected chi connectivity index (χ3v) is 3.62. The number of carbonyl (C=O) groups excluding carboxylic acids is 1. The van der Waals surface area contributed by atoms with Crippen LogP contribution < -0.4 is 4.90 Å². The van der Waals surface area contributed by atoms with Gasteiger partial charge in [-0.2, -0.15) is 0 Å². The lowest BCUT2D eigenvalue weighted by Crippen LogP contribution is -2.49. The van der Waals surface area contributed by atoms with Crippen LogP contribution in [0.25, 0.3) is 0 Å². The lowest BCUT2D eigenvalue weighted by molar-refractivity contribution is 0.0712. The van der Waals surface area contributed by atoms with Crippen molar-refractivity contribution < 1.29 is 9.21 Å². The molecule has 0 atom stereocenters. The van der Waals surface area contributed by atoms with Crippen LogP contribution in [0.15, 0.2) is 35.0 Å². The Bertz CT molecular complexity index is 603. The number of hydrogen-bond donors (Lipinski definition) is 0. The summed E-state index contributed by atoms with van der Waals surface area (Å²) in [4.78, 5) is 24.7. The summed E-state index contributed by atoms with van der Waals surface area (Å²) >= 11 is 0. The molecule has 1 aliphatic rings. The number of hydrogen-bond acceptors (Lipinski definition) is 5. The number of rotatable bonds is 3. The van der Waals surface area contributed by atoms with E-state index in [0.29, 0.717) is 18.8 Å². The first kappa shape index (κ1) is 13.6. The van der Waals surface area contributed by atoms with Crippen LogP contribution in [-0.2, 0) is 6.42 Å². The monoisotopic (exact) mass is 286 g/mol. The summed E-state index contributed by atoms with van der Waals surface area (Å²) in [6, 6.07) is 5.42. The molecule has 0 radical (unpaired) electrons. The molecule has 6 nitrogen and oxygen atoms in total. The molecule has 0 aliphatic carbocycles. The van der Waals surface area contributed by atoms with E-state index in [-0.39, 0.29) is 5.91 Å². The number of nitrogens with zero attached hydrogens (tertiary/aromatic N) is 4. The van der Waals surface area contributed by atoms with Crippen molar-refractivity contribution in [2.75, 3.05) is 31.1 Å². The zero-order valence-electron chi connectivity index (χ0n) is 12.0. The molecule has 0 bridgehead atoms. The van der Waals surface area contributed by atoms with E-state index in [1.807, 2.05) is 17.9 Å². The molecule has 0 unspecified atom stereocenters. The predicted octanol–water partition coefficient (Wildman–Crippen LogP) is 1.59. The van der Waals surface area contributed by atoms with Crippen molar-refractivity contribution in [3.63, 3.8) is 0 Å². The van der Waals surface area contributed by atoms with Crippen LogP contribution in [-0.4, -0.2) is 47.0 Å². The second-order valence-electron chi connectivity index (χ2n) is 4.95. The molecule has 2 aromatic heterocycles. The van der Waals surface area contributed by atoms with Gasteiger partial charge < -0.3 is 14.2 Å². The van der Waals surface area contributed by atoms with Gasteiger partial charge in [0, 0.05) is 45.0 Å². The van der Waals surface area contributed by atoms with Gasteiger partial charge in [-0.3, -0.25) is 4.79 Å². The zero-order valence-corrected chi connectivity index (χ0v) is 12.0. The van der Waals surface area contributed by atoms with Crippen molar-refractivity contribution in [3.05, 3.63) is 42.1 Å². The van der Waals surface area contributed by atoms with E-state index in [0.717, 1.165) is 31.2 Å². The van der Waals surface area contributed by atoms with Crippen LogP contribution in [0.1, 0.15) is 23.2 Å². The Balaban J connectivity index is 1.61. The first-order valence-electron chi connectivity index (χ1n) is 7.18. The highest BCUT2D eigenvalue weighted by molar-refractivity contribution is 5.91. The van der Waals surface area contributed by atoms with Gasteiger partial charge >= 0.3 is 0 Å². The first-order chi connectivity index (χ1) is 10.3. The summed E-state index contributed by atoms with van der Waals surface area (Å²) < 4.78 is 5.53. The standard InChI is InChI=1S/C15H18N4O2/c1-2-12-4-5-13(21-12)14(20)18-8-10-19(11-9-18)15-16-6-3-7-17-15/h3-7H,2,8-11H2,1H3. The fourth-order valence-electron chi connectivity index (χ4n) is 2.40. The van der Waals surface area contributed by atoms with Gasteiger partial charge in [0.15, 0.2) is 5.76 Å². The predicted molar refractivity (Wildman–Crippen MR) is 78.2 cm³/mol. The Hall–Kier alpha value is -2.37. The average Bonchev–Trinajstić information content (AvgIpc) is 3.04. The van der Waals surface area contributed by atoms with Gasteiger partial charge in [-0.1, -0.05) is 6.92 Å². The number of piperazine rings is 1. The summed E-state index contributed by atoms with van der Waals surface area (Å²) in [6.45, 7) is 4.78. The Kier molecular flexibility index (Phi) is 3.85. The van der Waals surface area contributed by atoms with E-state index in [1.165, 1.54) is 0 Å². The number of aromatic nitrogens is 2. The lowest BCUT2D eigenvalue weighted by Gasteiger charge is -2.34. The van der Waals surface area contributed by atoms with Crippen molar-refractivity contribution >= 4 is 11.9 Å². The summed E-state index contributed by atoms with van der Waals surface area (Å²) in [6.07, 6.45) is 4.26. The molecule has 3 heterocycles. The molecule has 3 rings (SSSR count). The highest BCUT2D eigenvalue weighted by Crippen LogP contribution is 2.15. The summed E-state index contributed by atoms with van der Waals surface area (Å²) in [7, 11) is 0. The third kappa shape index (κ3) is 2.89. The molecule has 2 aromatic rings. The highest BCUT2D eigenvalue weighted by atomic mass is 16.4. The Morgan fingerprint density at radius 2 is 1.90 bits per heavy atom. The minimum Gasteiger partial charge on any atom is -0.456 e. The Morgan fingerprint density at radius 3 is 2.52 bits per heavy atom. The van der Waals surface area contributed by atoms with Crippen molar-refractivity contribution in [1.82, 2.24) is 14.9 Å². The fraction of sp³-hybridized carbons (Fsp3) is 0.400. The molecule has 110 valence electrons. The van der Waals surface area contributed by atoms with Gasteiger partial charge in [-0.25, -0.2) is 9.97 Å². The van der Waals surface area contributed by atoms with Gasteiger partial charge in [0.1, 0.15) is 5.76 Å². The topological polar surface area (TPSA) is 62.5 Å². The van der Waals surface area contributed by atoms with Gasteiger partial charge in [-0.15, -0.1) is 0 Å². The summed E-state index contributed by atoms with van der Waals surface area (Å²) in [5.74, 6) is 1.95. The number of furan rings is 1. The van der Waals surface area contributed by atoms with Gasteiger partial charge in [0.25, 0.3) is 5.91 Å². The van der Waals surface area contributed by atoms with Crippen LogP contribution in [0.5, 0.6) is 0 Å². The largest absolute Gasteiger partial charge is 0.456 e. The van der Waals surface area contributed by atoms with Gasteiger partial charge in [-0.05, 0) is 18.2 Å². The van der Waals surface area contributed by atoms with Crippen LogP contribution in [0, 0.1) is 0 Å². The smallest absolute Gasteiger partial charge is 0.289 e. The van der Waals surface area contributed by atoms with Crippen molar-refractivity contribution in [3.8, 4) is 0 Å². The van der Waals surface area contributed by atoms with Gasteiger partial charge in [0.05, 0.1) is 0 Å². The molecule has 1 fully saturated rings. The summed E-state index contributed by atoms with van der Waals surface area (Å²) in [5, 5.41) is 0. The Morgan fingerprint density at radius 1 is 1.19 bits per heavy atom. The van der Waals surface area contributed by atoms with E-state index in [2.05, 4.69) is 14.9 Å². The molecule has 1 amide bonds. The van der Waals surface area contributed by atoms with Gasteiger partial charge in [0.2, 0.25) is 5.95 Å². The SMILES string of the molecule is CCc1ccc(C(=O)N2CCN(c3ncccn3)CC2)o1. The molecule has 0 N–H and O–H groups in total. The van der Waals surface area contributed by atoms with Crippen molar-refractivity contribution in [2.24, 2.45) is 0 Å². The van der Waals surface area contributed by atoms with Crippen molar-refractivity contribution in [2.45, 2.75) is 13.3 Å². The maximum atomic E-state index is 12.4. The first-order valence-corrected chi connectivity index (χ1v) is 7.18. The Labute approximate surface area is 123 Å². The number of aryl methyl sites for hydroxylation is 1. The minimum atomic E-state index is -0.0386. The maximum absolute atomic E-state index is 12.4. The fourth-order valence-corrected chi connectivity index (χ4v) is 2.40. The molecular formula is C15H18N4O2. The molecular weight excluding hydrogens is 268 g/mol. The van der Waals surface area contributed by atoms with Crippen LogP contribution in [0.3, 0.4) is 0 Å². The lowest BCUT2D eigenvalue weighted by atomic mass is 10.3. The molecule has 0 spiro atoms. The maximum Gasteiger partial charge on any atom is 0.289 e. The minimum absolute atomic E-state index is 0.0386. The molecule has 0 aromatic carbocycles. The second-order valence-corrected chi connectivity index (χ2v) is 4.95. The van der Waals surface area contributed by atoms with E-state index in [1.54, 1.807) is 24.5 Å². The zero-order chi connectivity index (χ0) is 14.7.